The van der Waals surface area contributed by atoms with Crippen LogP contribution in [0.1, 0.15) is 52.0 Å². The van der Waals surface area contributed by atoms with Gasteiger partial charge in [-0.15, -0.1) is 0 Å². The monoisotopic (exact) mass is 287 g/mol. The Labute approximate surface area is 131 Å². The first-order chi connectivity index (χ1) is 10.1. The van der Waals surface area contributed by atoms with Gasteiger partial charge in [0.2, 0.25) is 0 Å². The Morgan fingerprint density at radius 3 is 2.57 bits per heavy atom. The summed E-state index contributed by atoms with van der Waals surface area (Å²) in [6.45, 7) is 9.42. The molecule has 0 aliphatic heterocycles. The lowest BCUT2D eigenvalue weighted by Gasteiger charge is -2.35. The van der Waals surface area contributed by atoms with Gasteiger partial charge in [-0.1, -0.05) is 57.5 Å². The molecule has 0 spiro atoms. The molecule has 1 aliphatic rings. The minimum absolute atomic E-state index is 0.760. The van der Waals surface area contributed by atoms with Gasteiger partial charge in [-0.3, -0.25) is 0 Å². The average molecular weight is 287 g/mol. The molecule has 1 aromatic rings. The summed E-state index contributed by atoms with van der Waals surface area (Å²) in [6, 6.07) is 11.0. The average Bonchev–Trinajstić information content (AvgIpc) is 2.48. The fourth-order valence-electron chi connectivity index (χ4n) is 3.74. The molecule has 2 rings (SSSR count). The van der Waals surface area contributed by atoms with E-state index in [-0.39, 0.29) is 0 Å². The van der Waals surface area contributed by atoms with E-state index in [9.17, 15) is 0 Å². The summed E-state index contributed by atoms with van der Waals surface area (Å²) in [5.41, 5.74) is 1.50. The van der Waals surface area contributed by atoms with Crippen LogP contribution in [0, 0.1) is 23.7 Å². The fourth-order valence-corrected chi connectivity index (χ4v) is 3.74. The molecule has 118 valence electrons. The van der Waals surface area contributed by atoms with E-state index < -0.39 is 0 Å². The molecule has 1 nitrogen and oxygen atoms in total. The lowest BCUT2D eigenvalue weighted by atomic mass is 9.72. The third kappa shape index (κ3) is 5.82. The molecule has 21 heavy (non-hydrogen) atoms. The van der Waals surface area contributed by atoms with Crippen molar-refractivity contribution >= 4 is 0 Å². The van der Waals surface area contributed by atoms with Crippen LogP contribution in [-0.2, 0) is 6.42 Å². The molecule has 0 saturated heterocycles. The molecule has 0 aromatic heterocycles. The van der Waals surface area contributed by atoms with E-state index in [1.165, 1.54) is 44.2 Å². The van der Waals surface area contributed by atoms with E-state index in [2.05, 4.69) is 56.4 Å². The van der Waals surface area contributed by atoms with Crippen LogP contribution in [-0.4, -0.2) is 13.1 Å². The minimum Gasteiger partial charge on any atom is -0.316 e. The van der Waals surface area contributed by atoms with E-state index in [1.54, 1.807) is 0 Å². The van der Waals surface area contributed by atoms with Crippen LogP contribution < -0.4 is 5.32 Å². The van der Waals surface area contributed by atoms with Crippen LogP contribution in [0.3, 0.4) is 0 Å². The normalized spacial score (nSPS) is 26.2. The SMILES string of the molecule is CC(C)CNCC1CCC(C)CC1CCc1ccccc1. The van der Waals surface area contributed by atoms with Crippen molar-refractivity contribution in [3.8, 4) is 0 Å². The van der Waals surface area contributed by atoms with E-state index in [0.717, 1.165) is 30.2 Å². The molecule has 1 saturated carbocycles. The van der Waals surface area contributed by atoms with Gasteiger partial charge in [0.25, 0.3) is 0 Å². The molecule has 1 heteroatoms. The number of hydrogen-bond donors (Lipinski definition) is 1. The predicted molar refractivity (Wildman–Crippen MR) is 92.5 cm³/mol. The van der Waals surface area contributed by atoms with E-state index in [0.29, 0.717) is 0 Å². The van der Waals surface area contributed by atoms with Crippen LogP contribution in [0.5, 0.6) is 0 Å². The maximum absolute atomic E-state index is 3.70. The van der Waals surface area contributed by atoms with Crippen molar-refractivity contribution in [1.82, 2.24) is 5.32 Å². The van der Waals surface area contributed by atoms with Crippen molar-refractivity contribution in [1.29, 1.82) is 0 Å². The van der Waals surface area contributed by atoms with Crippen LogP contribution in [0.15, 0.2) is 30.3 Å². The Hall–Kier alpha value is -0.820. The van der Waals surface area contributed by atoms with Gasteiger partial charge < -0.3 is 5.32 Å². The topological polar surface area (TPSA) is 12.0 Å². The first-order valence-corrected chi connectivity index (χ1v) is 8.89. The van der Waals surface area contributed by atoms with Crippen molar-refractivity contribution in [2.75, 3.05) is 13.1 Å². The molecule has 1 aromatic carbocycles. The Morgan fingerprint density at radius 2 is 1.86 bits per heavy atom. The molecule has 1 aliphatic carbocycles. The summed E-state index contributed by atoms with van der Waals surface area (Å²) in [6.07, 6.45) is 6.89. The van der Waals surface area contributed by atoms with E-state index >= 15 is 0 Å². The lowest BCUT2D eigenvalue weighted by molar-refractivity contribution is 0.174. The maximum atomic E-state index is 3.70. The fraction of sp³-hybridized carbons (Fsp3) is 0.700. The van der Waals surface area contributed by atoms with Gasteiger partial charge in [-0.05, 0) is 68.0 Å². The molecule has 0 radical (unpaired) electrons. The second-order valence-corrected chi connectivity index (χ2v) is 7.51. The first-order valence-electron chi connectivity index (χ1n) is 8.89. The molecular formula is C20H33N. The Balaban J connectivity index is 1.83. The van der Waals surface area contributed by atoms with Crippen molar-refractivity contribution < 1.29 is 0 Å². The van der Waals surface area contributed by atoms with Gasteiger partial charge >= 0.3 is 0 Å². The van der Waals surface area contributed by atoms with Crippen molar-refractivity contribution in [2.24, 2.45) is 23.7 Å². The molecule has 3 unspecified atom stereocenters. The van der Waals surface area contributed by atoms with Gasteiger partial charge in [0.15, 0.2) is 0 Å². The quantitative estimate of drug-likeness (QED) is 0.751. The minimum atomic E-state index is 0.760. The van der Waals surface area contributed by atoms with Crippen LogP contribution in [0.4, 0.5) is 0 Å². The molecular weight excluding hydrogens is 254 g/mol. The summed E-state index contributed by atoms with van der Waals surface area (Å²) >= 11 is 0. The molecule has 1 fully saturated rings. The maximum Gasteiger partial charge on any atom is -0.00178 e. The highest BCUT2D eigenvalue weighted by Gasteiger charge is 2.27. The highest BCUT2D eigenvalue weighted by molar-refractivity contribution is 5.14. The second-order valence-electron chi connectivity index (χ2n) is 7.51. The number of nitrogens with one attached hydrogen (secondary N) is 1. The van der Waals surface area contributed by atoms with E-state index in [4.69, 9.17) is 0 Å². The number of aryl methyl sites for hydroxylation is 1. The predicted octanol–water partition coefficient (Wildman–Crippen LogP) is 4.92. The third-order valence-corrected chi connectivity index (χ3v) is 5.01. The Kier molecular flexibility index (Phi) is 6.76. The zero-order valence-corrected chi connectivity index (χ0v) is 14.1. The van der Waals surface area contributed by atoms with Crippen molar-refractivity contribution in [3.63, 3.8) is 0 Å². The number of hydrogen-bond acceptors (Lipinski definition) is 1. The van der Waals surface area contributed by atoms with Crippen molar-refractivity contribution in [2.45, 2.75) is 52.9 Å². The van der Waals surface area contributed by atoms with Gasteiger partial charge in [0.1, 0.15) is 0 Å². The van der Waals surface area contributed by atoms with Crippen molar-refractivity contribution in [3.05, 3.63) is 35.9 Å². The summed E-state index contributed by atoms with van der Waals surface area (Å²) in [5, 5.41) is 3.70. The highest BCUT2D eigenvalue weighted by atomic mass is 14.9. The zero-order valence-electron chi connectivity index (χ0n) is 14.1. The van der Waals surface area contributed by atoms with Crippen LogP contribution >= 0.6 is 0 Å². The van der Waals surface area contributed by atoms with Gasteiger partial charge in [0.05, 0.1) is 0 Å². The first kappa shape index (κ1) is 16.5. The molecule has 3 atom stereocenters. The highest BCUT2D eigenvalue weighted by Crippen LogP contribution is 2.36. The van der Waals surface area contributed by atoms with Crippen LogP contribution in [0.2, 0.25) is 0 Å². The molecule has 1 N–H and O–H groups in total. The summed E-state index contributed by atoms with van der Waals surface area (Å²) in [4.78, 5) is 0. The summed E-state index contributed by atoms with van der Waals surface area (Å²) in [5.74, 6) is 3.49. The van der Waals surface area contributed by atoms with Crippen LogP contribution in [0.25, 0.3) is 0 Å². The number of rotatable bonds is 7. The van der Waals surface area contributed by atoms with Gasteiger partial charge in [0, 0.05) is 0 Å². The molecule has 0 amide bonds. The largest absolute Gasteiger partial charge is 0.316 e. The smallest absolute Gasteiger partial charge is 0.00178 e. The van der Waals surface area contributed by atoms with E-state index in [1.807, 2.05) is 0 Å². The Morgan fingerprint density at radius 1 is 1.10 bits per heavy atom. The summed E-state index contributed by atoms with van der Waals surface area (Å²) in [7, 11) is 0. The zero-order chi connectivity index (χ0) is 15.1. The molecule has 0 bridgehead atoms. The standard InChI is InChI=1S/C20H33N/c1-16(2)14-21-15-20-11-9-17(3)13-19(20)12-10-18-7-5-4-6-8-18/h4-8,16-17,19-21H,9-15H2,1-3H3. The van der Waals surface area contributed by atoms with Gasteiger partial charge in [-0.2, -0.15) is 0 Å². The molecule has 0 heterocycles. The summed E-state index contributed by atoms with van der Waals surface area (Å²) < 4.78 is 0. The Bertz CT molecular complexity index is 384. The second kappa shape index (κ2) is 8.58. The third-order valence-electron chi connectivity index (χ3n) is 5.01. The lowest BCUT2D eigenvalue weighted by Crippen LogP contribution is -2.34. The van der Waals surface area contributed by atoms with Gasteiger partial charge in [-0.25, -0.2) is 0 Å². The number of benzene rings is 1.